The Bertz CT molecular complexity index is 373. The number of hydrogen-bond donors (Lipinski definition) is 2. The highest BCUT2D eigenvalue weighted by Gasteiger charge is 2.22. The van der Waals surface area contributed by atoms with Crippen molar-refractivity contribution in [2.75, 3.05) is 6.54 Å². The van der Waals surface area contributed by atoms with Gasteiger partial charge in [-0.3, -0.25) is 4.79 Å². The van der Waals surface area contributed by atoms with Crippen LogP contribution in [0.5, 0.6) is 0 Å². The van der Waals surface area contributed by atoms with E-state index in [1.54, 1.807) is 13.0 Å². The number of furan rings is 1. The summed E-state index contributed by atoms with van der Waals surface area (Å²) in [6.07, 6.45) is 4.75. The Morgan fingerprint density at radius 2 is 2.44 bits per heavy atom. The van der Waals surface area contributed by atoms with Crippen LogP contribution >= 0.6 is 0 Å². The van der Waals surface area contributed by atoms with Crippen molar-refractivity contribution in [3.05, 3.63) is 23.7 Å². The molecule has 0 radical (unpaired) electrons. The average Bonchev–Trinajstić information content (AvgIpc) is 2.84. The van der Waals surface area contributed by atoms with E-state index in [2.05, 4.69) is 5.32 Å². The third-order valence-electron chi connectivity index (χ3n) is 3.24. The van der Waals surface area contributed by atoms with Gasteiger partial charge in [0.15, 0.2) is 0 Å². The summed E-state index contributed by atoms with van der Waals surface area (Å²) in [5, 5.41) is 2.93. The Labute approximate surface area is 95.2 Å². The third kappa shape index (κ3) is 2.44. The molecule has 1 aromatic rings. The predicted molar refractivity (Wildman–Crippen MR) is 61.1 cm³/mol. The molecular formula is C12H18N2O2. The normalized spacial score (nSPS) is 24.6. The van der Waals surface area contributed by atoms with Crippen molar-refractivity contribution in [2.45, 2.75) is 32.2 Å². The Hall–Kier alpha value is -1.29. The van der Waals surface area contributed by atoms with Gasteiger partial charge in [-0.05, 0) is 38.2 Å². The van der Waals surface area contributed by atoms with E-state index in [4.69, 9.17) is 10.2 Å². The number of nitrogens with one attached hydrogen (secondary N) is 1. The second-order valence-corrected chi connectivity index (χ2v) is 4.54. The van der Waals surface area contributed by atoms with Crippen LogP contribution in [0.25, 0.3) is 0 Å². The Morgan fingerprint density at radius 1 is 1.62 bits per heavy atom. The lowest BCUT2D eigenvalue weighted by molar-refractivity contribution is 0.0945. The minimum absolute atomic E-state index is 0.0493. The molecule has 88 valence electrons. The van der Waals surface area contributed by atoms with Crippen molar-refractivity contribution >= 4 is 5.91 Å². The van der Waals surface area contributed by atoms with Crippen molar-refractivity contribution in [3.63, 3.8) is 0 Å². The number of nitrogens with two attached hydrogens (primary N) is 1. The number of rotatable bonds is 3. The SMILES string of the molecule is Cc1occc1C(=O)NCC1CCC(N)C1. The first-order chi connectivity index (χ1) is 7.66. The maximum Gasteiger partial charge on any atom is 0.254 e. The number of amides is 1. The molecule has 16 heavy (non-hydrogen) atoms. The van der Waals surface area contributed by atoms with Crippen LogP contribution in [0.2, 0.25) is 0 Å². The van der Waals surface area contributed by atoms with Gasteiger partial charge >= 0.3 is 0 Å². The highest BCUT2D eigenvalue weighted by atomic mass is 16.3. The molecule has 1 aliphatic rings. The van der Waals surface area contributed by atoms with E-state index in [0.29, 0.717) is 23.3 Å². The molecule has 3 N–H and O–H groups in total. The topological polar surface area (TPSA) is 68.3 Å². The van der Waals surface area contributed by atoms with Crippen LogP contribution in [-0.2, 0) is 0 Å². The molecule has 2 unspecified atom stereocenters. The minimum atomic E-state index is -0.0493. The van der Waals surface area contributed by atoms with Crippen LogP contribution in [-0.4, -0.2) is 18.5 Å². The molecule has 1 aliphatic carbocycles. The quantitative estimate of drug-likeness (QED) is 0.813. The lowest BCUT2D eigenvalue weighted by atomic mass is 10.1. The molecule has 0 spiro atoms. The predicted octanol–water partition coefficient (Wildman–Crippen LogP) is 1.45. The summed E-state index contributed by atoms with van der Waals surface area (Å²) in [6.45, 7) is 2.51. The third-order valence-corrected chi connectivity index (χ3v) is 3.24. The standard InChI is InChI=1S/C12H18N2O2/c1-8-11(4-5-16-8)12(15)14-7-9-2-3-10(13)6-9/h4-5,9-10H,2-3,6-7,13H2,1H3,(H,14,15). The molecule has 1 heterocycles. The second-order valence-electron chi connectivity index (χ2n) is 4.54. The largest absolute Gasteiger partial charge is 0.469 e. The fraction of sp³-hybridized carbons (Fsp3) is 0.583. The highest BCUT2D eigenvalue weighted by Crippen LogP contribution is 2.23. The van der Waals surface area contributed by atoms with Crippen molar-refractivity contribution in [1.29, 1.82) is 0 Å². The molecule has 0 bridgehead atoms. The summed E-state index contributed by atoms with van der Waals surface area (Å²) in [4.78, 5) is 11.8. The fourth-order valence-corrected chi connectivity index (χ4v) is 2.25. The van der Waals surface area contributed by atoms with Gasteiger partial charge in [0.2, 0.25) is 0 Å². The van der Waals surface area contributed by atoms with E-state index in [9.17, 15) is 4.79 Å². The lowest BCUT2D eigenvalue weighted by Crippen LogP contribution is -2.29. The zero-order valence-corrected chi connectivity index (χ0v) is 9.53. The van der Waals surface area contributed by atoms with Gasteiger partial charge in [0.25, 0.3) is 5.91 Å². The Balaban J connectivity index is 1.82. The van der Waals surface area contributed by atoms with Gasteiger partial charge in [0.1, 0.15) is 5.76 Å². The molecule has 4 nitrogen and oxygen atoms in total. The molecular weight excluding hydrogens is 204 g/mol. The van der Waals surface area contributed by atoms with E-state index in [-0.39, 0.29) is 5.91 Å². The average molecular weight is 222 g/mol. The molecule has 0 aromatic carbocycles. The summed E-state index contributed by atoms with van der Waals surface area (Å²) < 4.78 is 5.09. The second kappa shape index (κ2) is 4.70. The first-order valence-corrected chi connectivity index (χ1v) is 5.74. The first kappa shape index (κ1) is 11.2. The van der Waals surface area contributed by atoms with Crippen molar-refractivity contribution in [2.24, 2.45) is 11.7 Å². The number of carbonyl (C=O) groups excluding carboxylic acids is 1. The van der Waals surface area contributed by atoms with E-state index < -0.39 is 0 Å². The summed E-state index contributed by atoms with van der Waals surface area (Å²) in [7, 11) is 0. The van der Waals surface area contributed by atoms with Gasteiger partial charge < -0.3 is 15.5 Å². The summed E-state index contributed by atoms with van der Waals surface area (Å²) in [6, 6.07) is 2.02. The monoisotopic (exact) mass is 222 g/mol. The number of aryl methyl sites for hydroxylation is 1. The van der Waals surface area contributed by atoms with Crippen molar-refractivity contribution in [3.8, 4) is 0 Å². The smallest absolute Gasteiger partial charge is 0.254 e. The van der Waals surface area contributed by atoms with Crippen LogP contribution in [0.1, 0.15) is 35.4 Å². The Morgan fingerprint density at radius 3 is 3.00 bits per heavy atom. The van der Waals surface area contributed by atoms with Gasteiger partial charge in [-0.25, -0.2) is 0 Å². The summed E-state index contributed by atoms with van der Waals surface area (Å²) >= 11 is 0. The molecule has 0 aliphatic heterocycles. The van der Waals surface area contributed by atoms with Gasteiger partial charge in [-0.2, -0.15) is 0 Å². The van der Waals surface area contributed by atoms with Gasteiger partial charge in [-0.15, -0.1) is 0 Å². The maximum atomic E-state index is 11.8. The van der Waals surface area contributed by atoms with Crippen molar-refractivity contribution < 1.29 is 9.21 Å². The van der Waals surface area contributed by atoms with E-state index >= 15 is 0 Å². The molecule has 1 amide bonds. The molecule has 0 saturated heterocycles. The van der Waals surface area contributed by atoms with Crippen LogP contribution in [0.4, 0.5) is 0 Å². The summed E-state index contributed by atoms with van der Waals surface area (Å²) in [5.41, 5.74) is 6.45. The molecule has 1 saturated carbocycles. The van der Waals surface area contributed by atoms with E-state index in [1.165, 1.54) is 6.26 Å². The van der Waals surface area contributed by atoms with E-state index in [0.717, 1.165) is 25.8 Å². The summed E-state index contributed by atoms with van der Waals surface area (Å²) in [5.74, 6) is 1.15. The van der Waals surface area contributed by atoms with E-state index in [1.807, 2.05) is 0 Å². The van der Waals surface area contributed by atoms with Crippen LogP contribution < -0.4 is 11.1 Å². The molecule has 2 rings (SSSR count). The van der Waals surface area contributed by atoms with Gasteiger partial charge in [0, 0.05) is 12.6 Å². The van der Waals surface area contributed by atoms with Crippen LogP contribution in [0, 0.1) is 12.8 Å². The molecule has 1 fully saturated rings. The number of carbonyl (C=O) groups is 1. The molecule has 1 aromatic heterocycles. The zero-order chi connectivity index (χ0) is 11.5. The van der Waals surface area contributed by atoms with Crippen LogP contribution in [0.3, 0.4) is 0 Å². The lowest BCUT2D eigenvalue weighted by Gasteiger charge is -2.10. The molecule has 2 atom stereocenters. The zero-order valence-electron chi connectivity index (χ0n) is 9.53. The molecule has 4 heteroatoms. The Kier molecular flexibility index (Phi) is 3.29. The maximum absolute atomic E-state index is 11.8. The van der Waals surface area contributed by atoms with Gasteiger partial charge in [-0.1, -0.05) is 0 Å². The minimum Gasteiger partial charge on any atom is -0.469 e. The number of hydrogen-bond acceptors (Lipinski definition) is 3. The first-order valence-electron chi connectivity index (χ1n) is 5.74. The van der Waals surface area contributed by atoms with Crippen molar-refractivity contribution in [1.82, 2.24) is 5.32 Å². The highest BCUT2D eigenvalue weighted by molar-refractivity contribution is 5.95. The van der Waals surface area contributed by atoms with Crippen LogP contribution in [0.15, 0.2) is 16.7 Å². The fourth-order valence-electron chi connectivity index (χ4n) is 2.25. The van der Waals surface area contributed by atoms with Gasteiger partial charge in [0.05, 0.1) is 11.8 Å².